The van der Waals surface area contributed by atoms with E-state index in [-0.39, 0.29) is 5.82 Å². The summed E-state index contributed by atoms with van der Waals surface area (Å²) in [7, 11) is 0. The quantitative estimate of drug-likeness (QED) is 0.696. The summed E-state index contributed by atoms with van der Waals surface area (Å²) in [6.07, 6.45) is 2.90. The predicted octanol–water partition coefficient (Wildman–Crippen LogP) is 4.34. The van der Waals surface area contributed by atoms with Gasteiger partial charge in [-0.1, -0.05) is 43.7 Å². The van der Waals surface area contributed by atoms with Gasteiger partial charge in [0.1, 0.15) is 11.6 Å². The third kappa shape index (κ3) is 5.49. The first-order valence-corrected chi connectivity index (χ1v) is 7.95. The van der Waals surface area contributed by atoms with Crippen LogP contribution in [-0.4, -0.2) is 13.2 Å². The van der Waals surface area contributed by atoms with Crippen LogP contribution < -0.4 is 10.1 Å². The summed E-state index contributed by atoms with van der Waals surface area (Å²) in [5.41, 5.74) is 1.94. The first-order chi connectivity index (χ1) is 10.8. The van der Waals surface area contributed by atoms with Gasteiger partial charge in [0.05, 0.1) is 6.61 Å². The van der Waals surface area contributed by atoms with E-state index >= 15 is 0 Å². The first kappa shape index (κ1) is 16.5. The number of benzene rings is 2. The van der Waals surface area contributed by atoms with Crippen LogP contribution in [0.1, 0.15) is 30.9 Å². The number of unbranched alkanes of at least 4 members (excludes halogenated alkanes) is 1. The lowest BCUT2D eigenvalue weighted by atomic mass is 10.1. The second-order valence-corrected chi connectivity index (χ2v) is 5.37. The van der Waals surface area contributed by atoms with E-state index in [1.807, 2.05) is 24.3 Å². The predicted molar refractivity (Wildman–Crippen MR) is 88.7 cm³/mol. The number of rotatable bonds is 9. The van der Waals surface area contributed by atoms with Crippen LogP contribution in [0.3, 0.4) is 0 Å². The van der Waals surface area contributed by atoms with E-state index < -0.39 is 0 Å². The van der Waals surface area contributed by atoms with E-state index in [2.05, 4.69) is 24.4 Å². The summed E-state index contributed by atoms with van der Waals surface area (Å²) in [6, 6.07) is 15.1. The van der Waals surface area contributed by atoms with Crippen molar-refractivity contribution >= 4 is 0 Å². The van der Waals surface area contributed by atoms with Crippen LogP contribution in [0.2, 0.25) is 0 Å². The molecule has 0 heterocycles. The van der Waals surface area contributed by atoms with Crippen molar-refractivity contribution in [2.45, 2.75) is 32.7 Å². The molecule has 0 radical (unpaired) electrons. The van der Waals surface area contributed by atoms with Crippen LogP contribution in [0.4, 0.5) is 4.39 Å². The summed E-state index contributed by atoms with van der Waals surface area (Å²) >= 11 is 0. The Balaban J connectivity index is 1.75. The Morgan fingerprint density at radius 1 is 1.09 bits per heavy atom. The molecule has 0 aliphatic carbocycles. The zero-order valence-electron chi connectivity index (χ0n) is 13.1. The molecule has 0 saturated carbocycles. The van der Waals surface area contributed by atoms with Crippen LogP contribution in [-0.2, 0) is 13.0 Å². The van der Waals surface area contributed by atoms with E-state index in [4.69, 9.17) is 4.74 Å². The van der Waals surface area contributed by atoms with Crippen molar-refractivity contribution in [3.8, 4) is 5.75 Å². The van der Waals surface area contributed by atoms with Crippen LogP contribution in [0, 0.1) is 5.82 Å². The molecule has 22 heavy (non-hydrogen) atoms. The van der Waals surface area contributed by atoms with Gasteiger partial charge in [-0.3, -0.25) is 0 Å². The SMILES string of the molecule is CCCCOc1cccc(CNCCc2ccccc2F)c1. The van der Waals surface area contributed by atoms with Gasteiger partial charge in [-0.2, -0.15) is 0 Å². The summed E-state index contributed by atoms with van der Waals surface area (Å²) in [4.78, 5) is 0. The van der Waals surface area contributed by atoms with Gasteiger partial charge in [0.15, 0.2) is 0 Å². The fourth-order valence-electron chi connectivity index (χ4n) is 2.24. The van der Waals surface area contributed by atoms with Crippen molar-refractivity contribution in [1.82, 2.24) is 5.32 Å². The van der Waals surface area contributed by atoms with Gasteiger partial charge in [0.25, 0.3) is 0 Å². The maximum atomic E-state index is 13.5. The van der Waals surface area contributed by atoms with Crippen LogP contribution in [0.15, 0.2) is 48.5 Å². The summed E-state index contributed by atoms with van der Waals surface area (Å²) in [5, 5.41) is 3.35. The van der Waals surface area contributed by atoms with Gasteiger partial charge in [-0.05, 0) is 48.7 Å². The smallest absolute Gasteiger partial charge is 0.126 e. The fraction of sp³-hybridized carbons (Fsp3) is 0.368. The van der Waals surface area contributed by atoms with E-state index in [0.29, 0.717) is 6.42 Å². The maximum absolute atomic E-state index is 13.5. The van der Waals surface area contributed by atoms with Gasteiger partial charge in [-0.15, -0.1) is 0 Å². The Bertz CT molecular complexity index is 571. The average Bonchev–Trinajstić information content (AvgIpc) is 2.54. The molecule has 0 atom stereocenters. The molecular formula is C19H24FNO. The lowest BCUT2D eigenvalue weighted by Crippen LogP contribution is -2.17. The molecule has 3 heteroatoms. The molecule has 0 aliphatic heterocycles. The number of nitrogens with one attached hydrogen (secondary N) is 1. The monoisotopic (exact) mass is 301 g/mol. The van der Waals surface area contributed by atoms with Crippen molar-refractivity contribution < 1.29 is 9.13 Å². The normalized spacial score (nSPS) is 10.6. The molecule has 0 amide bonds. The second-order valence-electron chi connectivity index (χ2n) is 5.37. The van der Waals surface area contributed by atoms with Gasteiger partial charge >= 0.3 is 0 Å². The number of hydrogen-bond acceptors (Lipinski definition) is 2. The Hall–Kier alpha value is -1.87. The zero-order chi connectivity index (χ0) is 15.6. The molecule has 1 N–H and O–H groups in total. The Morgan fingerprint density at radius 3 is 2.77 bits per heavy atom. The maximum Gasteiger partial charge on any atom is 0.126 e. The van der Waals surface area contributed by atoms with E-state index in [9.17, 15) is 4.39 Å². The molecule has 2 nitrogen and oxygen atoms in total. The minimum atomic E-state index is -0.129. The Morgan fingerprint density at radius 2 is 1.95 bits per heavy atom. The standard InChI is InChI=1S/C19H24FNO/c1-2-3-13-22-18-9-6-7-16(14-18)15-21-12-11-17-8-4-5-10-19(17)20/h4-10,14,21H,2-3,11-13,15H2,1H3. The third-order valence-electron chi connectivity index (χ3n) is 3.52. The Kier molecular flexibility index (Phi) is 6.91. The summed E-state index contributed by atoms with van der Waals surface area (Å²) in [6.45, 7) is 4.43. The highest BCUT2D eigenvalue weighted by molar-refractivity contribution is 5.28. The largest absolute Gasteiger partial charge is 0.494 e. The first-order valence-electron chi connectivity index (χ1n) is 7.95. The molecule has 2 rings (SSSR count). The molecule has 0 spiro atoms. The van der Waals surface area contributed by atoms with Crippen molar-refractivity contribution in [2.24, 2.45) is 0 Å². The van der Waals surface area contributed by atoms with Crippen molar-refractivity contribution in [2.75, 3.05) is 13.2 Å². The Labute approximate surface area is 132 Å². The topological polar surface area (TPSA) is 21.3 Å². The zero-order valence-corrected chi connectivity index (χ0v) is 13.1. The highest BCUT2D eigenvalue weighted by atomic mass is 19.1. The fourth-order valence-corrected chi connectivity index (χ4v) is 2.24. The van der Waals surface area contributed by atoms with Gasteiger partial charge in [0, 0.05) is 6.54 Å². The molecule has 2 aromatic rings. The minimum Gasteiger partial charge on any atom is -0.494 e. The number of halogens is 1. The molecule has 118 valence electrons. The van der Waals surface area contributed by atoms with Gasteiger partial charge < -0.3 is 10.1 Å². The van der Waals surface area contributed by atoms with Crippen LogP contribution >= 0.6 is 0 Å². The molecular weight excluding hydrogens is 277 g/mol. The highest BCUT2D eigenvalue weighted by Crippen LogP contribution is 2.14. The number of hydrogen-bond donors (Lipinski definition) is 1. The minimum absolute atomic E-state index is 0.129. The molecule has 0 saturated heterocycles. The molecule has 0 aliphatic rings. The third-order valence-corrected chi connectivity index (χ3v) is 3.52. The van der Waals surface area contributed by atoms with E-state index in [1.54, 1.807) is 6.07 Å². The van der Waals surface area contributed by atoms with Crippen molar-refractivity contribution in [1.29, 1.82) is 0 Å². The lowest BCUT2D eigenvalue weighted by Gasteiger charge is -2.09. The molecule has 0 unspecified atom stereocenters. The summed E-state index contributed by atoms with van der Waals surface area (Å²) < 4.78 is 19.2. The molecule has 0 bridgehead atoms. The second kappa shape index (κ2) is 9.21. The van der Waals surface area contributed by atoms with E-state index in [1.165, 1.54) is 11.6 Å². The van der Waals surface area contributed by atoms with Gasteiger partial charge in [0.2, 0.25) is 0 Å². The van der Waals surface area contributed by atoms with Crippen LogP contribution in [0.25, 0.3) is 0 Å². The van der Waals surface area contributed by atoms with E-state index in [0.717, 1.165) is 43.9 Å². The molecule has 2 aromatic carbocycles. The van der Waals surface area contributed by atoms with Gasteiger partial charge in [-0.25, -0.2) is 4.39 Å². The molecule has 0 fully saturated rings. The summed E-state index contributed by atoms with van der Waals surface area (Å²) in [5.74, 6) is 0.789. The van der Waals surface area contributed by atoms with Crippen molar-refractivity contribution in [3.05, 3.63) is 65.5 Å². The number of ether oxygens (including phenoxy) is 1. The van der Waals surface area contributed by atoms with Crippen LogP contribution in [0.5, 0.6) is 5.75 Å². The lowest BCUT2D eigenvalue weighted by molar-refractivity contribution is 0.309. The molecule has 0 aromatic heterocycles. The average molecular weight is 301 g/mol. The van der Waals surface area contributed by atoms with Crippen molar-refractivity contribution in [3.63, 3.8) is 0 Å². The highest BCUT2D eigenvalue weighted by Gasteiger charge is 2.01.